The quantitative estimate of drug-likeness (QED) is 0.659. The van der Waals surface area contributed by atoms with Crippen molar-refractivity contribution in [3.8, 4) is 11.8 Å². The van der Waals surface area contributed by atoms with Crippen LogP contribution in [0.1, 0.15) is 5.69 Å². The fourth-order valence-electron chi connectivity index (χ4n) is 1.81. The molecular weight excluding hydrogens is 268 g/mol. The van der Waals surface area contributed by atoms with E-state index in [1.165, 1.54) is 6.08 Å². The molecule has 3 N–H and O–H groups in total. The number of rotatable bonds is 3. The van der Waals surface area contributed by atoms with Crippen molar-refractivity contribution < 1.29 is 9.59 Å². The van der Waals surface area contributed by atoms with Gasteiger partial charge in [-0.3, -0.25) is 10.1 Å². The van der Waals surface area contributed by atoms with E-state index in [2.05, 4.69) is 0 Å². The number of urea groups is 1. The van der Waals surface area contributed by atoms with Gasteiger partial charge < -0.3 is 10.3 Å². The molecule has 0 bridgehead atoms. The van der Waals surface area contributed by atoms with Gasteiger partial charge in [0.15, 0.2) is 0 Å². The first-order chi connectivity index (χ1) is 10.1. The number of imide groups is 1. The molecule has 0 unspecified atom stereocenters. The van der Waals surface area contributed by atoms with Crippen molar-refractivity contribution in [1.29, 1.82) is 5.26 Å². The van der Waals surface area contributed by atoms with Crippen LogP contribution in [0.3, 0.4) is 0 Å². The number of primary amides is 1. The van der Waals surface area contributed by atoms with Crippen molar-refractivity contribution in [3.05, 3.63) is 59.9 Å². The molecular formula is C15H12N4O2. The second-order valence-electron chi connectivity index (χ2n) is 4.13. The Balaban J connectivity index is 2.37. The zero-order valence-electron chi connectivity index (χ0n) is 11.0. The first-order valence-corrected chi connectivity index (χ1v) is 6.07. The maximum atomic E-state index is 11.6. The lowest BCUT2D eigenvalue weighted by atomic mass is 10.2. The molecule has 0 spiro atoms. The number of carbonyl (C=O) groups excluding carboxylic acids is 2. The Bertz CT molecular complexity index is 739. The predicted octanol–water partition coefficient (Wildman–Crippen LogP) is 1.58. The van der Waals surface area contributed by atoms with E-state index in [1.54, 1.807) is 18.2 Å². The fraction of sp³-hybridized carbons (Fsp3) is 0. The van der Waals surface area contributed by atoms with Crippen LogP contribution in [0.4, 0.5) is 4.79 Å². The number of hydrogen-bond donors (Lipinski definition) is 2. The highest BCUT2D eigenvalue weighted by molar-refractivity contribution is 6.08. The molecule has 6 heteroatoms. The van der Waals surface area contributed by atoms with Crippen molar-refractivity contribution in [2.45, 2.75) is 0 Å². The number of nitrogens with two attached hydrogens (primary N) is 1. The third kappa shape index (κ3) is 3.36. The van der Waals surface area contributed by atoms with E-state index in [0.717, 1.165) is 5.69 Å². The van der Waals surface area contributed by atoms with E-state index in [9.17, 15) is 9.59 Å². The highest BCUT2D eigenvalue weighted by Gasteiger charge is 2.12. The summed E-state index contributed by atoms with van der Waals surface area (Å²) >= 11 is 0. The van der Waals surface area contributed by atoms with E-state index in [0.29, 0.717) is 5.69 Å². The van der Waals surface area contributed by atoms with Gasteiger partial charge in [-0.2, -0.15) is 5.26 Å². The van der Waals surface area contributed by atoms with E-state index in [1.807, 2.05) is 46.4 Å². The molecule has 1 aromatic heterocycles. The lowest BCUT2D eigenvalue weighted by Crippen LogP contribution is -2.35. The van der Waals surface area contributed by atoms with E-state index >= 15 is 0 Å². The average molecular weight is 280 g/mol. The lowest BCUT2D eigenvalue weighted by molar-refractivity contribution is -0.115. The van der Waals surface area contributed by atoms with Gasteiger partial charge in [0.25, 0.3) is 5.91 Å². The SMILES string of the molecule is N#C/C(=C/c1cccn1-c1ccccc1)C(=O)NC(N)=O. The van der Waals surface area contributed by atoms with Crippen molar-refractivity contribution in [2.24, 2.45) is 5.73 Å². The zero-order valence-corrected chi connectivity index (χ0v) is 11.0. The number of nitrogens with one attached hydrogen (secondary N) is 1. The van der Waals surface area contributed by atoms with Crippen molar-refractivity contribution in [3.63, 3.8) is 0 Å². The van der Waals surface area contributed by atoms with Gasteiger partial charge in [-0.05, 0) is 30.3 Å². The van der Waals surface area contributed by atoms with Gasteiger partial charge in [0.05, 0.1) is 0 Å². The van der Waals surface area contributed by atoms with Crippen LogP contribution in [0.2, 0.25) is 0 Å². The van der Waals surface area contributed by atoms with Crippen LogP contribution < -0.4 is 11.1 Å². The standard InChI is InChI=1S/C15H12N4O2/c16-10-11(14(20)18-15(17)21)9-13-7-4-8-19(13)12-5-2-1-3-6-12/h1-9H,(H3,17,18,20,21)/b11-9-. The van der Waals surface area contributed by atoms with Crippen LogP contribution in [-0.4, -0.2) is 16.5 Å². The number of benzene rings is 1. The first-order valence-electron chi connectivity index (χ1n) is 6.07. The summed E-state index contributed by atoms with van der Waals surface area (Å²) in [5, 5.41) is 10.9. The van der Waals surface area contributed by atoms with E-state index in [4.69, 9.17) is 11.0 Å². The molecule has 0 aliphatic rings. The van der Waals surface area contributed by atoms with Gasteiger partial charge in [0.2, 0.25) is 0 Å². The number of amides is 3. The highest BCUT2D eigenvalue weighted by Crippen LogP contribution is 2.15. The monoisotopic (exact) mass is 280 g/mol. The predicted molar refractivity (Wildman–Crippen MR) is 77.1 cm³/mol. The van der Waals surface area contributed by atoms with Crippen molar-refractivity contribution in [2.75, 3.05) is 0 Å². The Morgan fingerprint density at radius 1 is 1.19 bits per heavy atom. The van der Waals surface area contributed by atoms with Gasteiger partial charge in [0.1, 0.15) is 11.6 Å². The van der Waals surface area contributed by atoms with Crippen LogP contribution in [0.15, 0.2) is 54.2 Å². The second-order valence-corrected chi connectivity index (χ2v) is 4.13. The van der Waals surface area contributed by atoms with Gasteiger partial charge in [0, 0.05) is 17.6 Å². The molecule has 0 saturated carbocycles. The maximum absolute atomic E-state index is 11.6. The minimum Gasteiger partial charge on any atom is -0.351 e. The summed E-state index contributed by atoms with van der Waals surface area (Å²) in [7, 11) is 0. The third-order valence-corrected chi connectivity index (χ3v) is 2.71. The number of nitriles is 1. The van der Waals surface area contributed by atoms with Crippen molar-refractivity contribution in [1.82, 2.24) is 9.88 Å². The minimum absolute atomic E-state index is 0.204. The Kier molecular flexibility index (Phi) is 4.17. The number of aromatic nitrogens is 1. The molecule has 0 aliphatic carbocycles. The van der Waals surface area contributed by atoms with E-state index < -0.39 is 11.9 Å². The summed E-state index contributed by atoms with van der Waals surface area (Å²) in [6, 6.07) is 13.7. The van der Waals surface area contributed by atoms with Gasteiger partial charge in [-0.1, -0.05) is 18.2 Å². The van der Waals surface area contributed by atoms with Crippen LogP contribution in [0.25, 0.3) is 11.8 Å². The number of nitrogens with zero attached hydrogens (tertiary/aromatic N) is 2. The third-order valence-electron chi connectivity index (χ3n) is 2.71. The molecule has 0 atom stereocenters. The number of para-hydroxylation sites is 1. The van der Waals surface area contributed by atoms with Gasteiger partial charge in [-0.25, -0.2) is 4.79 Å². The number of hydrogen-bond acceptors (Lipinski definition) is 3. The molecule has 0 aliphatic heterocycles. The van der Waals surface area contributed by atoms with Crippen LogP contribution in [0, 0.1) is 11.3 Å². The molecule has 1 heterocycles. The molecule has 2 aromatic rings. The Labute approximate surface area is 121 Å². The summed E-state index contributed by atoms with van der Waals surface area (Å²) in [5.41, 5.74) is 6.19. The summed E-state index contributed by atoms with van der Waals surface area (Å²) in [5.74, 6) is -0.828. The summed E-state index contributed by atoms with van der Waals surface area (Å²) in [6.45, 7) is 0. The molecule has 0 saturated heterocycles. The molecule has 104 valence electrons. The van der Waals surface area contributed by atoms with Crippen LogP contribution in [0.5, 0.6) is 0 Å². The summed E-state index contributed by atoms with van der Waals surface area (Å²) < 4.78 is 1.81. The Morgan fingerprint density at radius 3 is 2.52 bits per heavy atom. The van der Waals surface area contributed by atoms with Gasteiger partial charge >= 0.3 is 6.03 Å². The van der Waals surface area contributed by atoms with Gasteiger partial charge in [-0.15, -0.1) is 0 Å². The van der Waals surface area contributed by atoms with Crippen LogP contribution >= 0.6 is 0 Å². The smallest absolute Gasteiger partial charge is 0.319 e. The fourth-order valence-corrected chi connectivity index (χ4v) is 1.81. The highest BCUT2D eigenvalue weighted by atomic mass is 16.2. The maximum Gasteiger partial charge on any atom is 0.319 e. The normalized spacial score (nSPS) is 10.7. The Hall–Kier alpha value is -3.33. The summed E-state index contributed by atoms with van der Waals surface area (Å²) in [6.07, 6.45) is 3.20. The van der Waals surface area contributed by atoms with Crippen LogP contribution in [-0.2, 0) is 4.79 Å². The topological polar surface area (TPSA) is 101 Å². The first kappa shape index (κ1) is 14.1. The molecule has 0 fully saturated rings. The minimum atomic E-state index is -1.00. The molecule has 21 heavy (non-hydrogen) atoms. The molecule has 2 rings (SSSR count). The zero-order chi connectivity index (χ0) is 15.2. The second kappa shape index (κ2) is 6.21. The molecule has 1 aromatic carbocycles. The molecule has 6 nitrogen and oxygen atoms in total. The lowest BCUT2D eigenvalue weighted by Gasteiger charge is -2.06. The Morgan fingerprint density at radius 2 is 1.90 bits per heavy atom. The van der Waals surface area contributed by atoms with E-state index in [-0.39, 0.29) is 5.57 Å². The average Bonchev–Trinajstić information content (AvgIpc) is 2.93. The van der Waals surface area contributed by atoms with Crippen molar-refractivity contribution >= 4 is 18.0 Å². The number of carbonyl (C=O) groups is 2. The molecule has 3 amide bonds. The largest absolute Gasteiger partial charge is 0.351 e. The summed E-state index contributed by atoms with van der Waals surface area (Å²) in [4.78, 5) is 22.3. The molecule has 0 radical (unpaired) electrons.